The molecule has 0 atom stereocenters. The lowest BCUT2D eigenvalue weighted by molar-refractivity contribution is 0.414. The number of aromatic nitrogens is 1. The molecule has 0 saturated heterocycles. The number of methoxy groups -OCH3 is 1. The molecule has 1 aromatic carbocycles. The number of pyridine rings is 1. The Morgan fingerprint density at radius 1 is 1.29 bits per heavy atom. The van der Waals surface area contributed by atoms with E-state index in [4.69, 9.17) is 10.5 Å². The lowest BCUT2D eigenvalue weighted by Gasteiger charge is -2.02. The van der Waals surface area contributed by atoms with Gasteiger partial charge in [-0.3, -0.25) is 9.79 Å². The normalized spacial score (nSPS) is 11.8. The van der Waals surface area contributed by atoms with Gasteiger partial charge in [-0.25, -0.2) is 0 Å². The highest BCUT2D eigenvalue weighted by Crippen LogP contribution is 2.12. The molecule has 108 valence electrons. The number of rotatable bonds is 5. The topological polar surface area (TPSA) is 80.5 Å². The molecule has 0 fully saturated rings. The third kappa shape index (κ3) is 4.07. The van der Waals surface area contributed by atoms with Gasteiger partial charge in [-0.2, -0.15) is 0 Å². The Morgan fingerprint density at radius 2 is 2.05 bits per heavy atom. The van der Waals surface area contributed by atoms with Crippen molar-refractivity contribution < 1.29 is 4.74 Å². The van der Waals surface area contributed by atoms with E-state index < -0.39 is 0 Å². The number of nitrogens with one attached hydrogen (secondary N) is 1. The standard InChI is InChI=1S/C16H17N3O2/c1-21-15-5-2-12(3-6-15)9-18-10-14(8-17)13-4-7-16(20)19-11-13/h2-8,10-11H,9,17H2,1H3,(H,19,20). The number of nitrogens with two attached hydrogens (primary N) is 1. The van der Waals surface area contributed by atoms with Gasteiger partial charge in [0.05, 0.1) is 13.7 Å². The highest BCUT2D eigenvalue weighted by molar-refractivity contribution is 6.09. The van der Waals surface area contributed by atoms with Gasteiger partial charge >= 0.3 is 0 Å². The van der Waals surface area contributed by atoms with Crippen molar-refractivity contribution in [2.24, 2.45) is 10.7 Å². The van der Waals surface area contributed by atoms with Crippen LogP contribution in [0.25, 0.3) is 5.57 Å². The molecule has 0 radical (unpaired) electrons. The molecule has 0 saturated carbocycles. The first kappa shape index (κ1) is 14.6. The first-order chi connectivity index (χ1) is 10.2. The van der Waals surface area contributed by atoms with Crippen LogP contribution in [-0.2, 0) is 6.54 Å². The Morgan fingerprint density at radius 3 is 2.62 bits per heavy atom. The molecule has 3 N–H and O–H groups in total. The van der Waals surface area contributed by atoms with Gasteiger partial charge in [0.15, 0.2) is 0 Å². The number of ether oxygens (including phenoxy) is 1. The summed E-state index contributed by atoms with van der Waals surface area (Å²) in [6.07, 6.45) is 4.77. The van der Waals surface area contributed by atoms with Gasteiger partial charge in [0.25, 0.3) is 0 Å². The molecular formula is C16H17N3O2. The minimum Gasteiger partial charge on any atom is -0.497 e. The summed E-state index contributed by atoms with van der Waals surface area (Å²) >= 11 is 0. The van der Waals surface area contributed by atoms with Crippen molar-refractivity contribution in [3.8, 4) is 5.75 Å². The van der Waals surface area contributed by atoms with Crippen LogP contribution in [0, 0.1) is 0 Å². The van der Waals surface area contributed by atoms with Crippen molar-refractivity contribution in [2.75, 3.05) is 7.11 Å². The zero-order valence-electron chi connectivity index (χ0n) is 11.7. The van der Waals surface area contributed by atoms with Gasteiger partial charge in [0, 0.05) is 35.8 Å². The minimum absolute atomic E-state index is 0.148. The van der Waals surface area contributed by atoms with Crippen molar-refractivity contribution in [1.29, 1.82) is 0 Å². The molecule has 5 nitrogen and oxygen atoms in total. The molecule has 0 aliphatic carbocycles. The minimum atomic E-state index is -0.148. The first-order valence-electron chi connectivity index (χ1n) is 6.46. The fourth-order valence-corrected chi connectivity index (χ4v) is 1.78. The molecular weight excluding hydrogens is 266 g/mol. The molecule has 2 aromatic rings. The van der Waals surface area contributed by atoms with E-state index in [0.29, 0.717) is 6.54 Å². The molecule has 0 unspecified atom stereocenters. The summed E-state index contributed by atoms with van der Waals surface area (Å²) in [5.41, 5.74) is 8.09. The highest BCUT2D eigenvalue weighted by atomic mass is 16.5. The van der Waals surface area contributed by atoms with Crippen molar-refractivity contribution in [3.05, 3.63) is 70.3 Å². The van der Waals surface area contributed by atoms with Gasteiger partial charge in [-0.05, 0) is 23.8 Å². The quantitative estimate of drug-likeness (QED) is 0.823. The lowest BCUT2D eigenvalue weighted by atomic mass is 10.1. The zero-order chi connectivity index (χ0) is 15.1. The summed E-state index contributed by atoms with van der Waals surface area (Å²) in [5, 5.41) is 0. The van der Waals surface area contributed by atoms with E-state index >= 15 is 0 Å². The first-order valence-corrected chi connectivity index (χ1v) is 6.46. The summed E-state index contributed by atoms with van der Waals surface area (Å²) in [4.78, 5) is 18.0. The van der Waals surface area contributed by atoms with E-state index in [9.17, 15) is 4.79 Å². The van der Waals surface area contributed by atoms with Gasteiger partial charge in [0.2, 0.25) is 5.56 Å². The molecule has 1 aromatic heterocycles. The Labute approximate surface area is 122 Å². The van der Waals surface area contributed by atoms with Crippen LogP contribution >= 0.6 is 0 Å². The maximum absolute atomic E-state index is 11.0. The molecule has 0 aliphatic rings. The van der Waals surface area contributed by atoms with Crippen molar-refractivity contribution in [3.63, 3.8) is 0 Å². The average Bonchev–Trinajstić information content (AvgIpc) is 2.53. The van der Waals surface area contributed by atoms with Crippen LogP contribution in [0.1, 0.15) is 11.1 Å². The summed E-state index contributed by atoms with van der Waals surface area (Å²) < 4.78 is 5.10. The maximum Gasteiger partial charge on any atom is 0.247 e. The summed E-state index contributed by atoms with van der Waals surface area (Å²) in [6, 6.07) is 10.9. The summed E-state index contributed by atoms with van der Waals surface area (Å²) in [6.45, 7) is 0.546. The molecule has 21 heavy (non-hydrogen) atoms. The predicted molar refractivity (Wildman–Crippen MR) is 84.4 cm³/mol. The van der Waals surface area contributed by atoms with Crippen LogP contribution in [0.5, 0.6) is 5.75 Å². The summed E-state index contributed by atoms with van der Waals surface area (Å²) in [5.74, 6) is 0.818. The number of nitrogens with zero attached hydrogens (tertiary/aromatic N) is 1. The molecule has 5 heteroatoms. The van der Waals surface area contributed by atoms with E-state index in [1.165, 1.54) is 12.3 Å². The zero-order valence-corrected chi connectivity index (χ0v) is 11.7. The second-order valence-corrected chi connectivity index (χ2v) is 4.38. The molecule has 0 bridgehead atoms. The number of benzene rings is 1. The lowest BCUT2D eigenvalue weighted by Crippen LogP contribution is -2.03. The fourth-order valence-electron chi connectivity index (χ4n) is 1.78. The molecule has 1 heterocycles. The largest absolute Gasteiger partial charge is 0.497 e. The third-order valence-corrected chi connectivity index (χ3v) is 2.96. The number of allylic oxidation sites excluding steroid dienone is 1. The smallest absolute Gasteiger partial charge is 0.247 e. The van der Waals surface area contributed by atoms with Gasteiger partial charge in [-0.1, -0.05) is 12.1 Å². The van der Waals surface area contributed by atoms with E-state index in [1.54, 1.807) is 25.6 Å². The predicted octanol–water partition coefficient (Wildman–Crippen LogP) is 1.95. The van der Waals surface area contributed by atoms with Crippen LogP contribution in [0.3, 0.4) is 0 Å². The van der Waals surface area contributed by atoms with E-state index in [0.717, 1.165) is 22.4 Å². The van der Waals surface area contributed by atoms with Crippen molar-refractivity contribution >= 4 is 11.8 Å². The average molecular weight is 283 g/mol. The Kier molecular flexibility index (Phi) is 4.93. The number of aromatic amines is 1. The van der Waals surface area contributed by atoms with Crippen LogP contribution in [-0.4, -0.2) is 18.3 Å². The molecule has 0 aliphatic heterocycles. The molecule has 2 rings (SSSR count). The monoisotopic (exact) mass is 283 g/mol. The molecule has 0 spiro atoms. The van der Waals surface area contributed by atoms with Crippen molar-refractivity contribution in [1.82, 2.24) is 4.98 Å². The van der Waals surface area contributed by atoms with Crippen LogP contribution in [0.4, 0.5) is 0 Å². The second-order valence-electron chi connectivity index (χ2n) is 4.38. The van der Waals surface area contributed by atoms with E-state index in [1.807, 2.05) is 24.3 Å². The van der Waals surface area contributed by atoms with E-state index in [-0.39, 0.29) is 5.56 Å². The van der Waals surface area contributed by atoms with Crippen LogP contribution < -0.4 is 16.0 Å². The number of hydrogen-bond donors (Lipinski definition) is 2. The third-order valence-electron chi connectivity index (χ3n) is 2.96. The number of aliphatic imine (C=N–C) groups is 1. The second kappa shape index (κ2) is 7.09. The van der Waals surface area contributed by atoms with Gasteiger partial charge in [-0.15, -0.1) is 0 Å². The maximum atomic E-state index is 11.0. The Hall–Kier alpha value is -2.82. The number of hydrogen-bond acceptors (Lipinski definition) is 4. The Balaban J connectivity index is 2.04. The number of H-pyrrole nitrogens is 1. The summed E-state index contributed by atoms with van der Waals surface area (Å²) in [7, 11) is 1.63. The SMILES string of the molecule is COc1ccc(CN=CC(=CN)c2ccc(=O)[nH]c2)cc1. The van der Waals surface area contributed by atoms with Crippen LogP contribution in [0.2, 0.25) is 0 Å². The van der Waals surface area contributed by atoms with Gasteiger partial charge in [0.1, 0.15) is 5.75 Å². The van der Waals surface area contributed by atoms with Gasteiger partial charge < -0.3 is 15.5 Å². The fraction of sp³-hybridized carbons (Fsp3) is 0.125. The molecule has 0 amide bonds. The van der Waals surface area contributed by atoms with Crippen molar-refractivity contribution in [2.45, 2.75) is 6.54 Å². The van der Waals surface area contributed by atoms with E-state index in [2.05, 4.69) is 9.98 Å². The van der Waals surface area contributed by atoms with Crippen LogP contribution in [0.15, 0.2) is 58.6 Å². The highest BCUT2D eigenvalue weighted by Gasteiger charge is 1.98. The Bertz CT molecular complexity index is 680.